The number of hydrogen-bond acceptors (Lipinski definition) is 2. The van der Waals surface area contributed by atoms with Crippen LogP contribution in [0.25, 0.3) is 0 Å². The van der Waals surface area contributed by atoms with Crippen LogP contribution in [0.2, 0.25) is 0 Å². The van der Waals surface area contributed by atoms with Gasteiger partial charge in [0.25, 0.3) is 0 Å². The minimum atomic E-state index is -0.443. The average Bonchev–Trinajstić information content (AvgIpc) is 1.87. The zero-order valence-electron chi connectivity index (χ0n) is 6.98. The summed E-state index contributed by atoms with van der Waals surface area (Å²) in [6, 6.07) is 0. The molecule has 0 rings (SSSR count). The van der Waals surface area contributed by atoms with Gasteiger partial charge in [0.1, 0.15) is 4.11 Å². The summed E-state index contributed by atoms with van der Waals surface area (Å²) in [5.41, 5.74) is 0. The quantitative estimate of drug-likeness (QED) is 0.438. The number of halogens is 1. The Morgan fingerprint density at radius 1 is 1.50 bits per heavy atom. The Morgan fingerprint density at radius 2 is 2.00 bits per heavy atom. The van der Waals surface area contributed by atoms with Gasteiger partial charge in [0.2, 0.25) is 0 Å². The average molecular weight is 258 g/mol. The van der Waals surface area contributed by atoms with Gasteiger partial charge in [-0.05, 0) is 20.3 Å². The van der Waals surface area contributed by atoms with Crippen LogP contribution in [0, 0.1) is 0 Å². The van der Waals surface area contributed by atoms with Crippen LogP contribution in [0.3, 0.4) is 0 Å². The summed E-state index contributed by atoms with van der Waals surface area (Å²) in [6.45, 7) is 5.91. The van der Waals surface area contributed by atoms with Crippen molar-refractivity contribution in [3.8, 4) is 0 Å². The Hall–Kier alpha value is 0.650. The molecule has 0 saturated heterocycles. The van der Waals surface area contributed by atoms with Gasteiger partial charge in [-0.3, -0.25) is 0 Å². The molecule has 10 heavy (non-hydrogen) atoms. The lowest BCUT2D eigenvalue weighted by Crippen LogP contribution is -2.29. The molecule has 0 heterocycles. The SMILES string of the molecule is CCC(I)OC(C)(C)OC. The lowest BCUT2D eigenvalue weighted by atomic mass is 10.4. The van der Waals surface area contributed by atoms with Crippen LogP contribution in [0.5, 0.6) is 0 Å². The molecule has 0 amide bonds. The molecule has 0 saturated carbocycles. The molecule has 0 radical (unpaired) electrons. The van der Waals surface area contributed by atoms with Crippen LogP contribution in [0.1, 0.15) is 27.2 Å². The molecule has 3 heteroatoms. The summed E-state index contributed by atoms with van der Waals surface area (Å²) in [5, 5.41) is 0. The van der Waals surface area contributed by atoms with E-state index in [1.54, 1.807) is 7.11 Å². The summed E-state index contributed by atoms with van der Waals surface area (Å²) in [7, 11) is 1.65. The summed E-state index contributed by atoms with van der Waals surface area (Å²) >= 11 is 2.25. The maximum absolute atomic E-state index is 5.50. The molecule has 0 aromatic rings. The Bertz CT molecular complexity index is 93.6. The Morgan fingerprint density at radius 3 is 2.30 bits per heavy atom. The van der Waals surface area contributed by atoms with Crippen LogP contribution >= 0.6 is 22.6 Å². The molecule has 0 N–H and O–H groups in total. The van der Waals surface area contributed by atoms with E-state index in [0.29, 0.717) is 0 Å². The molecule has 0 aliphatic rings. The molecule has 0 aliphatic heterocycles. The molecule has 1 atom stereocenters. The van der Waals surface area contributed by atoms with E-state index in [4.69, 9.17) is 9.47 Å². The standard InChI is InChI=1S/C7H15IO2/c1-5-6(8)10-7(2,3)9-4/h6H,5H2,1-4H3. The molecule has 62 valence electrons. The van der Waals surface area contributed by atoms with Crippen molar-refractivity contribution in [3.63, 3.8) is 0 Å². The second-order valence-corrected chi connectivity index (χ2v) is 3.93. The van der Waals surface area contributed by atoms with Gasteiger partial charge in [0.15, 0.2) is 5.79 Å². The minimum Gasteiger partial charge on any atom is -0.354 e. The molecule has 1 unspecified atom stereocenters. The highest BCUT2D eigenvalue weighted by Gasteiger charge is 2.19. The lowest BCUT2D eigenvalue weighted by molar-refractivity contribution is -0.201. The van der Waals surface area contributed by atoms with Crippen LogP contribution in [-0.2, 0) is 9.47 Å². The third-order valence-electron chi connectivity index (χ3n) is 1.22. The number of rotatable bonds is 4. The van der Waals surface area contributed by atoms with Crippen molar-refractivity contribution in [3.05, 3.63) is 0 Å². The minimum absolute atomic E-state index is 0.243. The molecular formula is C7H15IO2. The van der Waals surface area contributed by atoms with Crippen molar-refractivity contribution < 1.29 is 9.47 Å². The van der Waals surface area contributed by atoms with Gasteiger partial charge in [-0.25, -0.2) is 0 Å². The van der Waals surface area contributed by atoms with Gasteiger partial charge in [-0.15, -0.1) is 0 Å². The van der Waals surface area contributed by atoms with Crippen molar-refractivity contribution in [2.75, 3.05) is 7.11 Å². The second kappa shape index (κ2) is 4.51. The zero-order valence-corrected chi connectivity index (χ0v) is 9.14. The third kappa shape index (κ3) is 4.46. The highest BCUT2D eigenvalue weighted by Crippen LogP contribution is 2.18. The van der Waals surface area contributed by atoms with Crippen molar-refractivity contribution in [1.82, 2.24) is 0 Å². The van der Waals surface area contributed by atoms with Gasteiger partial charge in [-0.1, -0.05) is 29.5 Å². The molecule has 0 aromatic heterocycles. The Kier molecular flexibility index (Phi) is 4.81. The van der Waals surface area contributed by atoms with Crippen LogP contribution in [0.15, 0.2) is 0 Å². The van der Waals surface area contributed by atoms with Crippen molar-refractivity contribution in [2.45, 2.75) is 37.1 Å². The first-order valence-corrected chi connectivity index (χ1v) is 4.63. The van der Waals surface area contributed by atoms with Crippen molar-refractivity contribution in [1.29, 1.82) is 0 Å². The maximum Gasteiger partial charge on any atom is 0.163 e. The van der Waals surface area contributed by atoms with Crippen LogP contribution < -0.4 is 0 Å². The topological polar surface area (TPSA) is 18.5 Å². The lowest BCUT2D eigenvalue weighted by Gasteiger charge is -2.25. The van der Waals surface area contributed by atoms with Gasteiger partial charge in [-0.2, -0.15) is 0 Å². The largest absolute Gasteiger partial charge is 0.354 e. The van der Waals surface area contributed by atoms with E-state index in [9.17, 15) is 0 Å². The van der Waals surface area contributed by atoms with E-state index in [1.165, 1.54) is 0 Å². The number of alkyl halides is 1. The van der Waals surface area contributed by atoms with E-state index >= 15 is 0 Å². The number of hydrogen-bond donors (Lipinski definition) is 0. The fraction of sp³-hybridized carbons (Fsp3) is 1.00. The number of methoxy groups -OCH3 is 1. The summed E-state index contributed by atoms with van der Waals surface area (Å²) in [4.78, 5) is 0. The molecule has 0 aromatic carbocycles. The highest BCUT2D eigenvalue weighted by atomic mass is 127. The molecule has 2 nitrogen and oxygen atoms in total. The van der Waals surface area contributed by atoms with Gasteiger partial charge in [0, 0.05) is 7.11 Å². The van der Waals surface area contributed by atoms with Crippen LogP contribution in [-0.4, -0.2) is 17.0 Å². The second-order valence-electron chi connectivity index (χ2n) is 2.54. The molecule has 0 spiro atoms. The normalized spacial score (nSPS) is 15.3. The summed E-state index contributed by atoms with van der Waals surface area (Å²) < 4.78 is 10.8. The third-order valence-corrected chi connectivity index (χ3v) is 2.36. The molecule has 0 fully saturated rings. The molecule has 0 bridgehead atoms. The Balaban J connectivity index is 3.64. The van der Waals surface area contributed by atoms with Gasteiger partial charge < -0.3 is 9.47 Å². The summed E-state index contributed by atoms with van der Waals surface area (Å²) in [5.74, 6) is -0.443. The van der Waals surface area contributed by atoms with Crippen molar-refractivity contribution >= 4 is 22.6 Å². The van der Waals surface area contributed by atoms with Crippen LogP contribution in [0.4, 0.5) is 0 Å². The fourth-order valence-corrected chi connectivity index (χ4v) is 1.05. The predicted octanol–water partition coefficient (Wildman–Crippen LogP) is 2.56. The van der Waals surface area contributed by atoms with E-state index in [-0.39, 0.29) is 4.11 Å². The predicted molar refractivity (Wildman–Crippen MR) is 50.3 cm³/mol. The van der Waals surface area contributed by atoms with E-state index < -0.39 is 5.79 Å². The molecular weight excluding hydrogens is 243 g/mol. The Labute approximate surface area is 76.4 Å². The number of ether oxygens (including phenoxy) is 2. The van der Waals surface area contributed by atoms with E-state index in [2.05, 4.69) is 29.5 Å². The molecule has 0 aliphatic carbocycles. The fourth-order valence-electron chi connectivity index (χ4n) is 0.439. The first-order chi connectivity index (χ1) is 4.52. The smallest absolute Gasteiger partial charge is 0.163 e. The van der Waals surface area contributed by atoms with E-state index in [0.717, 1.165) is 6.42 Å². The van der Waals surface area contributed by atoms with Crippen molar-refractivity contribution in [2.24, 2.45) is 0 Å². The van der Waals surface area contributed by atoms with Gasteiger partial charge >= 0.3 is 0 Å². The summed E-state index contributed by atoms with van der Waals surface area (Å²) in [6.07, 6.45) is 1.01. The van der Waals surface area contributed by atoms with E-state index in [1.807, 2.05) is 13.8 Å². The first kappa shape index (κ1) is 10.7. The zero-order chi connectivity index (χ0) is 8.20. The van der Waals surface area contributed by atoms with Gasteiger partial charge in [0.05, 0.1) is 0 Å². The monoisotopic (exact) mass is 258 g/mol. The first-order valence-electron chi connectivity index (χ1n) is 3.39. The highest BCUT2D eigenvalue weighted by molar-refractivity contribution is 14.1. The maximum atomic E-state index is 5.50.